The summed E-state index contributed by atoms with van der Waals surface area (Å²) in [5, 5.41) is 3.50. The van der Waals surface area contributed by atoms with E-state index in [0.29, 0.717) is 15.7 Å². The minimum Gasteiger partial charge on any atom is -0.392 e. The van der Waals surface area contributed by atoms with Crippen LogP contribution in [0.25, 0.3) is 0 Å². The van der Waals surface area contributed by atoms with E-state index in [2.05, 4.69) is 5.32 Å². The second-order valence-electron chi connectivity index (χ2n) is 5.33. The average molecular weight is 311 g/mol. The van der Waals surface area contributed by atoms with Crippen LogP contribution in [0.4, 0.5) is 5.69 Å². The molecule has 1 aliphatic rings. The summed E-state index contributed by atoms with van der Waals surface area (Å²) in [5.41, 5.74) is 5.87. The minimum atomic E-state index is -0.714. The smallest absolute Gasteiger partial charge is 0.237 e. The predicted molar refractivity (Wildman–Crippen MR) is 87.0 cm³/mol. The van der Waals surface area contributed by atoms with Crippen LogP contribution >= 0.6 is 23.8 Å². The van der Waals surface area contributed by atoms with E-state index in [1.165, 1.54) is 0 Å². The SMILES string of the molecule is NC(=S)C1(C(=O)Nc2cccc(Cl)c2)CCCCCC1. The first kappa shape index (κ1) is 15.3. The van der Waals surface area contributed by atoms with Gasteiger partial charge in [0.2, 0.25) is 5.91 Å². The zero-order valence-corrected chi connectivity index (χ0v) is 12.9. The second-order valence-corrected chi connectivity index (χ2v) is 6.20. The van der Waals surface area contributed by atoms with Gasteiger partial charge in [-0.05, 0) is 31.0 Å². The summed E-state index contributed by atoms with van der Waals surface area (Å²) in [5.74, 6) is -0.103. The molecule has 1 aromatic carbocycles. The predicted octanol–water partition coefficient (Wildman–Crippen LogP) is 3.91. The largest absolute Gasteiger partial charge is 0.392 e. The van der Waals surface area contributed by atoms with Gasteiger partial charge in [0.15, 0.2) is 0 Å². The molecule has 0 atom stereocenters. The zero-order valence-electron chi connectivity index (χ0n) is 11.3. The molecule has 3 N–H and O–H groups in total. The molecule has 108 valence electrons. The monoisotopic (exact) mass is 310 g/mol. The Morgan fingerprint density at radius 2 is 1.90 bits per heavy atom. The number of anilines is 1. The molecule has 1 fully saturated rings. The molecule has 0 unspecified atom stereocenters. The Balaban J connectivity index is 2.21. The van der Waals surface area contributed by atoms with Gasteiger partial charge < -0.3 is 11.1 Å². The molecule has 0 spiro atoms. The van der Waals surface area contributed by atoms with E-state index in [1.54, 1.807) is 18.2 Å². The normalized spacial score (nSPS) is 18.1. The number of carbonyl (C=O) groups is 1. The molecule has 0 heterocycles. The highest BCUT2D eigenvalue weighted by Crippen LogP contribution is 2.36. The number of halogens is 1. The van der Waals surface area contributed by atoms with Crippen molar-refractivity contribution < 1.29 is 4.79 Å². The van der Waals surface area contributed by atoms with Crippen LogP contribution in [0.15, 0.2) is 24.3 Å². The lowest BCUT2D eigenvalue weighted by molar-refractivity contribution is -0.122. The van der Waals surface area contributed by atoms with Crippen LogP contribution in [-0.2, 0) is 4.79 Å². The summed E-state index contributed by atoms with van der Waals surface area (Å²) < 4.78 is 0. The van der Waals surface area contributed by atoms with E-state index in [0.717, 1.165) is 38.5 Å². The summed E-state index contributed by atoms with van der Waals surface area (Å²) >= 11 is 11.1. The Labute approximate surface area is 129 Å². The lowest BCUT2D eigenvalue weighted by Gasteiger charge is -2.30. The van der Waals surface area contributed by atoms with Crippen molar-refractivity contribution in [2.75, 3.05) is 5.32 Å². The maximum atomic E-state index is 12.7. The number of benzene rings is 1. The number of nitrogens with two attached hydrogens (primary N) is 1. The van der Waals surface area contributed by atoms with Crippen LogP contribution in [0, 0.1) is 5.41 Å². The molecule has 1 aliphatic carbocycles. The highest BCUT2D eigenvalue weighted by atomic mass is 35.5. The molecule has 0 aliphatic heterocycles. The molecule has 3 nitrogen and oxygen atoms in total. The Hall–Kier alpha value is -1.13. The molecule has 2 rings (SSSR count). The molecule has 0 bridgehead atoms. The third-order valence-electron chi connectivity index (χ3n) is 3.95. The molecule has 0 aromatic heterocycles. The fraction of sp³-hybridized carbons (Fsp3) is 0.467. The topological polar surface area (TPSA) is 55.1 Å². The van der Waals surface area contributed by atoms with E-state index in [4.69, 9.17) is 29.6 Å². The van der Waals surface area contributed by atoms with Crippen LogP contribution in [0.5, 0.6) is 0 Å². The van der Waals surface area contributed by atoms with Crippen LogP contribution < -0.4 is 11.1 Å². The van der Waals surface area contributed by atoms with E-state index in [-0.39, 0.29) is 5.91 Å². The van der Waals surface area contributed by atoms with Crippen LogP contribution in [0.2, 0.25) is 5.02 Å². The maximum absolute atomic E-state index is 12.7. The summed E-state index contributed by atoms with van der Waals surface area (Å²) in [4.78, 5) is 13.0. The average Bonchev–Trinajstić information content (AvgIpc) is 2.65. The second kappa shape index (κ2) is 6.55. The van der Waals surface area contributed by atoms with Gasteiger partial charge in [-0.2, -0.15) is 0 Å². The summed E-state index contributed by atoms with van der Waals surface area (Å²) in [6.07, 6.45) is 5.70. The van der Waals surface area contributed by atoms with E-state index in [1.807, 2.05) is 6.07 Å². The highest BCUT2D eigenvalue weighted by molar-refractivity contribution is 7.80. The van der Waals surface area contributed by atoms with Gasteiger partial charge in [-0.25, -0.2) is 0 Å². The Kier molecular flexibility index (Phi) is 5.00. The zero-order chi connectivity index (χ0) is 14.6. The first-order valence-electron chi connectivity index (χ1n) is 6.91. The Morgan fingerprint density at radius 1 is 1.25 bits per heavy atom. The van der Waals surface area contributed by atoms with Gasteiger partial charge in [-0.15, -0.1) is 0 Å². The quantitative estimate of drug-likeness (QED) is 0.657. The van der Waals surface area contributed by atoms with Gasteiger partial charge in [0.25, 0.3) is 0 Å². The van der Waals surface area contributed by atoms with Crippen LogP contribution in [-0.4, -0.2) is 10.9 Å². The van der Waals surface area contributed by atoms with Crippen molar-refractivity contribution in [2.45, 2.75) is 38.5 Å². The van der Waals surface area contributed by atoms with Crippen molar-refractivity contribution in [3.8, 4) is 0 Å². The molecule has 1 amide bonds. The van der Waals surface area contributed by atoms with Crippen molar-refractivity contribution in [1.82, 2.24) is 0 Å². The van der Waals surface area contributed by atoms with Crippen molar-refractivity contribution in [2.24, 2.45) is 11.1 Å². The van der Waals surface area contributed by atoms with Gasteiger partial charge in [-0.1, -0.05) is 55.6 Å². The molecular formula is C15H19ClN2OS. The summed E-state index contributed by atoms with van der Waals surface area (Å²) in [6, 6.07) is 7.11. The molecule has 5 heteroatoms. The van der Waals surface area contributed by atoms with Crippen LogP contribution in [0.3, 0.4) is 0 Å². The number of rotatable bonds is 3. The fourth-order valence-corrected chi connectivity index (χ4v) is 3.22. The van der Waals surface area contributed by atoms with Gasteiger partial charge in [0.05, 0.1) is 10.4 Å². The van der Waals surface area contributed by atoms with Gasteiger partial charge in [0, 0.05) is 10.7 Å². The van der Waals surface area contributed by atoms with Crippen molar-refractivity contribution in [1.29, 1.82) is 0 Å². The Morgan fingerprint density at radius 3 is 2.45 bits per heavy atom. The molecule has 0 radical (unpaired) electrons. The van der Waals surface area contributed by atoms with E-state index in [9.17, 15) is 4.79 Å². The first-order chi connectivity index (χ1) is 9.54. The summed E-state index contributed by atoms with van der Waals surface area (Å²) in [6.45, 7) is 0. The number of carbonyl (C=O) groups excluding carboxylic acids is 1. The Bertz CT molecular complexity index is 510. The fourth-order valence-electron chi connectivity index (χ4n) is 2.73. The molecule has 20 heavy (non-hydrogen) atoms. The van der Waals surface area contributed by atoms with E-state index >= 15 is 0 Å². The first-order valence-corrected chi connectivity index (χ1v) is 7.70. The third kappa shape index (κ3) is 3.30. The number of hydrogen-bond donors (Lipinski definition) is 2. The van der Waals surface area contributed by atoms with Gasteiger partial charge in [0.1, 0.15) is 0 Å². The van der Waals surface area contributed by atoms with Gasteiger partial charge in [-0.3, -0.25) is 4.79 Å². The lowest BCUT2D eigenvalue weighted by atomic mass is 9.79. The number of hydrogen-bond acceptors (Lipinski definition) is 2. The van der Waals surface area contributed by atoms with Crippen LogP contribution in [0.1, 0.15) is 38.5 Å². The minimum absolute atomic E-state index is 0.103. The maximum Gasteiger partial charge on any atom is 0.237 e. The van der Waals surface area contributed by atoms with Crippen molar-refractivity contribution >= 4 is 40.4 Å². The summed E-state index contributed by atoms with van der Waals surface area (Å²) in [7, 11) is 0. The van der Waals surface area contributed by atoms with Gasteiger partial charge >= 0.3 is 0 Å². The highest BCUT2D eigenvalue weighted by Gasteiger charge is 2.41. The number of nitrogens with one attached hydrogen (secondary N) is 1. The lowest BCUT2D eigenvalue weighted by Crippen LogP contribution is -2.45. The van der Waals surface area contributed by atoms with Crippen molar-refractivity contribution in [3.05, 3.63) is 29.3 Å². The third-order valence-corrected chi connectivity index (χ3v) is 4.57. The molecule has 0 saturated heterocycles. The molecule has 1 saturated carbocycles. The standard InChI is InChI=1S/C15H19ClN2OS/c16-11-6-5-7-12(10-11)18-14(19)15(13(17)20)8-3-1-2-4-9-15/h5-7,10H,1-4,8-9H2,(H2,17,20)(H,18,19). The molecule has 1 aromatic rings. The van der Waals surface area contributed by atoms with E-state index < -0.39 is 5.41 Å². The van der Waals surface area contributed by atoms with Crippen molar-refractivity contribution in [3.63, 3.8) is 0 Å². The number of amides is 1. The number of thiocarbonyl (C=S) groups is 1. The molecular weight excluding hydrogens is 292 g/mol.